The molecule has 2 N–H and O–H groups in total. The van der Waals surface area contributed by atoms with Gasteiger partial charge in [-0.1, -0.05) is 0 Å². The van der Waals surface area contributed by atoms with E-state index in [4.69, 9.17) is 5.73 Å². The van der Waals surface area contributed by atoms with Gasteiger partial charge in [0, 0.05) is 44.8 Å². The lowest BCUT2D eigenvalue weighted by Gasteiger charge is -2.25. The molecule has 1 aromatic heterocycles. The van der Waals surface area contributed by atoms with Gasteiger partial charge in [0.1, 0.15) is 0 Å². The smallest absolute Gasteiger partial charge is 0.254 e. The first kappa shape index (κ1) is 18.9. The number of sulfonamides is 1. The van der Waals surface area contributed by atoms with Crippen LogP contribution in [-0.2, 0) is 10.0 Å². The van der Waals surface area contributed by atoms with E-state index in [0.717, 1.165) is 9.87 Å². The Kier molecular flexibility index (Phi) is 5.44. The lowest BCUT2D eigenvalue weighted by atomic mass is 10.1. The Morgan fingerprint density at radius 3 is 2.28 bits per heavy atom. The number of nitrogens with two attached hydrogens (primary N) is 1. The second-order valence-electron chi connectivity index (χ2n) is 5.95. The Morgan fingerprint density at radius 2 is 1.72 bits per heavy atom. The van der Waals surface area contributed by atoms with E-state index >= 15 is 0 Å². The van der Waals surface area contributed by atoms with E-state index in [1.807, 2.05) is 19.1 Å². The summed E-state index contributed by atoms with van der Waals surface area (Å²) in [6.45, 7) is 1.89. The molecule has 134 valence electrons. The van der Waals surface area contributed by atoms with Crippen molar-refractivity contribution in [2.45, 2.75) is 17.9 Å². The second kappa shape index (κ2) is 7.20. The number of carbonyl (C=O) groups excluding carboxylic acids is 1. The van der Waals surface area contributed by atoms with Crippen molar-refractivity contribution in [3.05, 3.63) is 53.9 Å². The minimum atomic E-state index is -3.68. The molecule has 1 aromatic carbocycles. The molecular formula is C17H22N4O3S. The van der Waals surface area contributed by atoms with E-state index in [2.05, 4.69) is 4.98 Å². The Labute approximate surface area is 148 Å². The Bertz CT molecular complexity index is 867. The highest BCUT2D eigenvalue weighted by Gasteiger charge is 2.23. The van der Waals surface area contributed by atoms with Crippen molar-refractivity contribution < 1.29 is 13.2 Å². The average Bonchev–Trinajstić information content (AvgIpc) is 2.59. The molecule has 8 heteroatoms. The van der Waals surface area contributed by atoms with Crippen LogP contribution in [0, 0.1) is 0 Å². The van der Waals surface area contributed by atoms with Gasteiger partial charge in [-0.3, -0.25) is 9.78 Å². The van der Waals surface area contributed by atoms with Crippen molar-refractivity contribution in [1.82, 2.24) is 14.2 Å². The van der Waals surface area contributed by atoms with E-state index in [1.54, 1.807) is 19.4 Å². The van der Waals surface area contributed by atoms with Crippen LogP contribution in [0.3, 0.4) is 0 Å². The summed E-state index contributed by atoms with van der Waals surface area (Å²) in [6, 6.07) is 7.63. The first-order chi connectivity index (χ1) is 11.6. The highest BCUT2D eigenvalue weighted by Crippen LogP contribution is 2.24. The molecule has 0 saturated heterocycles. The minimum absolute atomic E-state index is 0.00851. The van der Waals surface area contributed by atoms with Crippen LogP contribution < -0.4 is 5.73 Å². The van der Waals surface area contributed by atoms with Gasteiger partial charge in [0.15, 0.2) is 0 Å². The van der Waals surface area contributed by atoms with Gasteiger partial charge in [-0.15, -0.1) is 0 Å². The monoisotopic (exact) mass is 362 g/mol. The van der Waals surface area contributed by atoms with Crippen LogP contribution in [0.4, 0.5) is 5.69 Å². The molecular weight excluding hydrogens is 340 g/mol. The summed E-state index contributed by atoms with van der Waals surface area (Å²) in [5, 5.41) is 0. The Morgan fingerprint density at radius 1 is 1.12 bits per heavy atom. The fraction of sp³-hybridized carbons (Fsp3) is 0.294. The van der Waals surface area contributed by atoms with E-state index in [1.165, 1.54) is 37.2 Å². The summed E-state index contributed by atoms with van der Waals surface area (Å²) >= 11 is 0. The van der Waals surface area contributed by atoms with Gasteiger partial charge in [-0.2, -0.15) is 0 Å². The zero-order chi connectivity index (χ0) is 18.8. The highest BCUT2D eigenvalue weighted by molar-refractivity contribution is 7.89. The Hall–Kier alpha value is -2.45. The number of anilines is 1. The van der Waals surface area contributed by atoms with Gasteiger partial charge >= 0.3 is 0 Å². The molecule has 0 aliphatic rings. The van der Waals surface area contributed by atoms with E-state index in [-0.39, 0.29) is 28.1 Å². The van der Waals surface area contributed by atoms with E-state index in [0.29, 0.717) is 0 Å². The number of pyridine rings is 1. The van der Waals surface area contributed by atoms with Crippen LogP contribution >= 0.6 is 0 Å². The lowest BCUT2D eigenvalue weighted by molar-refractivity contribution is 0.0742. The molecule has 0 fully saturated rings. The zero-order valence-corrected chi connectivity index (χ0v) is 15.5. The first-order valence-electron chi connectivity index (χ1n) is 7.64. The van der Waals surface area contributed by atoms with Crippen LogP contribution in [0.1, 0.15) is 28.9 Å². The number of rotatable bonds is 5. The van der Waals surface area contributed by atoms with Gasteiger partial charge < -0.3 is 10.6 Å². The molecule has 0 unspecified atom stereocenters. The quantitative estimate of drug-likeness (QED) is 0.817. The predicted octanol–water partition coefficient (Wildman–Crippen LogP) is 1.75. The van der Waals surface area contributed by atoms with Crippen LogP contribution in [0.25, 0.3) is 0 Å². The maximum absolute atomic E-state index is 12.8. The highest BCUT2D eigenvalue weighted by atomic mass is 32.2. The number of hydrogen-bond acceptors (Lipinski definition) is 5. The molecule has 0 saturated carbocycles. The number of benzene rings is 1. The third-order valence-corrected chi connectivity index (χ3v) is 5.84. The summed E-state index contributed by atoms with van der Waals surface area (Å²) in [7, 11) is 0.841. The number of nitrogens with zero attached hydrogens (tertiary/aromatic N) is 3. The van der Waals surface area contributed by atoms with Crippen molar-refractivity contribution >= 4 is 21.6 Å². The summed E-state index contributed by atoms with van der Waals surface area (Å²) in [4.78, 5) is 18.3. The summed E-state index contributed by atoms with van der Waals surface area (Å²) in [5.41, 5.74) is 7.19. The van der Waals surface area contributed by atoms with Crippen LogP contribution in [0.15, 0.2) is 47.6 Å². The number of carbonyl (C=O) groups is 1. The van der Waals surface area contributed by atoms with Gasteiger partial charge in [-0.05, 0) is 42.8 Å². The van der Waals surface area contributed by atoms with Gasteiger partial charge in [0.05, 0.1) is 10.9 Å². The third kappa shape index (κ3) is 3.97. The maximum Gasteiger partial charge on any atom is 0.254 e. The number of hydrogen-bond donors (Lipinski definition) is 1. The fourth-order valence-corrected chi connectivity index (χ4v) is 3.33. The molecule has 2 aromatic rings. The normalized spacial score (nSPS) is 12.8. The Balaban J connectivity index is 2.38. The van der Waals surface area contributed by atoms with Crippen LogP contribution in [0.2, 0.25) is 0 Å². The second-order valence-corrected chi connectivity index (χ2v) is 8.10. The molecule has 0 radical (unpaired) electrons. The number of aromatic nitrogens is 1. The first-order valence-corrected chi connectivity index (χ1v) is 9.08. The standard InChI is InChI=1S/C17H22N4O3S/c1-12(13-5-7-19-8-6-13)21(4)17(22)14-9-15(18)11-16(10-14)25(23,24)20(2)3/h5-12H,18H2,1-4H3/t12-/m1/s1. The molecule has 1 amide bonds. The van der Waals surface area contributed by atoms with Crippen molar-refractivity contribution in [3.8, 4) is 0 Å². The van der Waals surface area contributed by atoms with Crippen molar-refractivity contribution in [1.29, 1.82) is 0 Å². The van der Waals surface area contributed by atoms with Crippen LogP contribution in [0.5, 0.6) is 0 Å². The summed E-state index contributed by atoms with van der Waals surface area (Å²) < 4.78 is 25.7. The van der Waals surface area contributed by atoms with Crippen molar-refractivity contribution in [2.24, 2.45) is 0 Å². The maximum atomic E-state index is 12.8. The molecule has 0 aliphatic carbocycles. The fourth-order valence-electron chi connectivity index (χ4n) is 2.35. The van der Waals surface area contributed by atoms with Gasteiger partial charge in [0.25, 0.3) is 5.91 Å². The summed E-state index contributed by atoms with van der Waals surface area (Å²) in [6.07, 6.45) is 3.32. The van der Waals surface area contributed by atoms with Crippen LogP contribution in [-0.4, -0.2) is 49.7 Å². The van der Waals surface area contributed by atoms with E-state index < -0.39 is 10.0 Å². The molecule has 2 rings (SSSR count). The summed E-state index contributed by atoms with van der Waals surface area (Å²) in [5.74, 6) is -0.313. The van der Waals surface area contributed by atoms with E-state index in [9.17, 15) is 13.2 Å². The zero-order valence-electron chi connectivity index (χ0n) is 14.7. The molecule has 0 aliphatic heterocycles. The van der Waals surface area contributed by atoms with Gasteiger partial charge in [-0.25, -0.2) is 12.7 Å². The SMILES string of the molecule is C[C@H](c1ccncc1)N(C)C(=O)c1cc(N)cc(S(=O)(=O)N(C)C)c1. The largest absolute Gasteiger partial charge is 0.399 e. The van der Waals surface area contributed by atoms with Gasteiger partial charge in [0.2, 0.25) is 10.0 Å². The molecule has 25 heavy (non-hydrogen) atoms. The number of amides is 1. The third-order valence-electron chi connectivity index (χ3n) is 4.04. The molecule has 0 spiro atoms. The molecule has 1 heterocycles. The molecule has 1 atom stereocenters. The minimum Gasteiger partial charge on any atom is -0.399 e. The van der Waals surface area contributed by atoms with Crippen molar-refractivity contribution in [2.75, 3.05) is 26.9 Å². The molecule has 7 nitrogen and oxygen atoms in total. The molecule has 0 bridgehead atoms. The lowest BCUT2D eigenvalue weighted by Crippen LogP contribution is -2.30. The topological polar surface area (TPSA) is 96.6 Å². The van der Waals surface area contributed by atoms with Crippen molar-refractivity contribution in [3.63, 3.8) is 0 Å². The predicted molar refractivity (Wildman–Crippen MR) is 96.5 cm³/mol. The number of nitrogen functional groups attached to an aromatic ring is 1. The average molecular weight is 362 g/mol.